The van der Waals surface area contributed by atoms with Crippen molar-refractivity contribution in [3.63, 3.8) is 0 Å². The molecule has 13 nitrogen and oxygen atoms in total. The molecule has 4 aliphatic rings. The predicted octanol–water partition coefficient (Wildman–Crippen LogP) is 6.17. The van der Waals surface area contributed by atoms with Crippen molar-refractivity contribution in [2.24, 2.45) is 5.41 Å². The number of carbonyl (C=O) groups is 4. The Hall–Kier alpha value is -5.67. The summed E-state index contributed by atoms with van der Waals surface area (Å²) in [6, 6.07) is 6.61. The van der Waals surface area contributed by atoms with E-state index in [-0.39, 0.29) is 42.7 Å². The van der Waals surface area contributed by atoms with Crippen LogP contribution in [0.25, 0.3) is 27.7 Å². The first-order chi connectivity index (χ1) is 27.3. The monoisotopic (exact) mass is 781 g/mol. The zero-order valence-electron chi connectivity index (χ0n) is 31.7. The molecule has 0 spiro atoms. The number of piperidine rings is 1. The summed E-state index contributed by atoms with van der Waals surface area (Å²) in [6.45, 7) is 2.95. The Labute approximate surface area is 325 Å². The first-order valence-corrected chi connectivity index (χ1v) is 19.6. The summed E-state index contributed by atoms with van der Waals surface area (Å²) in [7, 11) is 0. The van der Waals surface area contributed by atoms with Gasteiger partial charge in [0, 0.05) is 66.7 Å². The van der Waals surface area contributed by atoms with E-state index in [0.29, 0.717) is 48.1 Å². The van der Waals surface area contributed by atoms with Crippen LogP contribution in [-0.4, -0.2) is 76.4 Å². The molecule has 1 saturated heterocycles. The molecule has 3 atom stereocenters. The molecule has 2 aliphatic carbocycles. The number of hydrogen-bond acceptors (Lipinski definition) is 8. The Morgan fingerprint density at radius 1 is 0.982 bits per heavy atom. The molecule has 6 heterocycles. The molecule has 0 radical (unpaired) electrons. The van der Waals surface area contributed by atoms with E-state index in [1.54, 1.807) is 22.3 Å². The quantitative estimate of drug-likeness (QED) is 0.201. The highest BCUT2D eigenvalue weighted by atomic mass is 19.4. The maximum absolute atomic E-state index is 14.6. The number of fused-ring (bicyclic) bond motifs is 1. The SMILES string of the molecule is CC(=O)c1nn2c3c(cc(-c4cnc5cc(C6CC6)nn5c4)cc13)CCCCCCC(=O)NC[C@@]13C[C@@H](C(=O)Nc4nc(C(F)(F)F)ccc4C)N(C(=O)C2)[C@@H]1C3. The fourth-order valence-corrected chi connectivity index (χ4v) is 8.77. The summed E-state index contributed by atoms with van der Waals surface area (Å²) in [4.78, 5) is 64.6. The average Bonchev–Trinajstić information content (AvgIpc) is 4.02. The fraction of sp³-hybridized carbons (Fsp3) is 0.463. The zero-order chi connectivity index (χ0) is 39.8. The number of aryl methyl sites for hydroxylation is 2. The molecule has 3 amide bonds. The number of aromatic nitrogens is 6. The number of amides is 3. The van der Waals surface area contributed by atoms with Gasteiger partial charge in [-0.1, -0.05) is 18.9 Å². The second-order valence-corrected chi connectivity index (χ2v) is 16.2. The number of rotatable bonds is 5. The molecule has 9 rings (SSSR count). The predicted molar refractivity (Wildman–Crippen MR) is 202 cm³/mol. The van der Waals surface area contributed by atoms with Gasteiger partial charge < -0.3 is 15.5 Å². The van der Waals surface area contributed by atoms with Crippen LogP contribution in [0.2, 0.25) is 0 Å². The first-order valence-electron chi connectivity index (χ1n) is 19.6. The van der Waals surface area contributed by atoms with Crippen molar-refractivity contribution in [1.82, 2.24) is 39.6 Å². The maximum Gasteiger partial charge on any atom is 0.433 e. The van der Waals surface area contributed by atoms with Gasteiger partial charge in [0.05, 0.1) is 11.2 Å². The number of ketones is 1. The van der Waals surface area contributed by atoms with Crippen LogP contribution in [0.4, 0.5) is 19.0 Å². The lowest BCUT2D eigenvalue weighted by molar-refractivity contribution is -0.141. The lowest BCUT2D eigenvalue weighted by Crippen LogP contribution is -2.47. The maximum atomic E-state index is 14.6. The summed E-state index contributed by atoms with van der Waals surface area (Å²) in [5, 5.41) is 15.7. The number of pyridine rings is 1. The van der Waals surface area contributed by atoms with Crippen LogP contribution in [0.15, 0.2) is 42.7 Å². The molecule has 3 fully saturated rings. The van der Waals surface area contributed by atoms with Gasteiger partial charge in [0.15, 0.2) is 11.4 Å². The van der Waals surface area contributed by atoms with E-state index in [9.17, 15) is 32.3 Å². The molecule has 2 bridgehead atoms. The molecule has 5 aromatic rings. The third kappa shape index (κ3) is 6.92. The van der Waals surface area contributed by atoms with E-state index >= 15 is 0 Å². The summed E-state index contributed by atoms with van der Waals surface area (Å²) < 4.78 is 44.0. The van der Waals surface area contributed by atoms with Crippen LogP contribution < -0.4 is 10.6 Å². The molecule has 1 aromatic carbocycles. The number of anilines is 1. The minimum Gasteiger partial charge on any atom is -0.355 e. The summed E-state index contributed by atoms with van der Waals surface area (Å²) in [6.07, 6.45) is 6.15. The molecular weight excluding hydrogens is 740 g/mol. The van der Waals surface area contributed by atoms with Crippen molar-refractivity contribution < 1.29 is 32.3 Å². The van der Waals surface area contributed by atoms with E-state index in [1.807, 2.05) is 24.4 Å². The van der Waals surface area contributed by atoms with E-state index in [1.165, 1.54) is 17.9 Å². The molecular formula is C41H42F3N9O4. The topological polar surface area (TPSA) is 156 Å². The molecule has 296 valence electrons. The van der Waals surface area contributed by atoms with Crippen molar-refractivity contribution in [3.8, 4) is 11.1 Å². The van der Waals surface area contributed by atoms with Crippen LogP contribution in [0.3, 0.4) is 0 Å². The highest BCUT2D eigenvalue weighted by Crippen LogP contribution is 2.59. The molecule has 57 heavy (non-hydrogen) atoms. The van der Waals surface area contributed by atoms with Crippen molar-refractivity contribution in [2.45, 2.75) is 109 Å². The Balaban J connectivity index is 1.09. The van der Waals surface area contributed by atoms with Crippen LogP contribution in [0.5, 0.6) is 0 Å². The molecule has 2 saturated carbocycles. The van der Waals surface area contributed by atoms with Gasteiger partial charge in [-0.25, -0.2) is 14.5 Å². The molecule has 2 aliphatic heterocycles. The van der Waals surface area contributed by atoms with E-state index in [4.69, 9.17) is 10.2 Å². The second-order valence-electron chi connectivity index (χ2n) is 16.2. The third-order valence-electron chi connectivity index (χ3n) is 12.1. The Bertz CT molecular complexity index is 2490. The normalized spacial score (nSPS) is 23.0. The van der Waals surface area contributed by atoms with Gasteiger partial charge in [-0.3, -0.25) is 23.9 Å². The van der Waals surface area contributed by atoms with Gasteiger partial charge in [0.1, 0.15) is 29.8 Å². The molecule has 2 N–H and O–H groups in total. The molecule has 0 unspecified atom stereocenters. The number of benzene rings is 1. The number of alkyl halides is 3. The van der Waals surface area contributed by atoms with Gasteiger partial charge in [0.2, 0.25) is 17.7 Å². The largest absolute Gasteiger partial charge is 0.433 e. The number of nitrogens with one attached hydrogen (secondary N) is 2. The number of Topliss-reactive ketones (excluding diaryl/α,β-unsaturated/α-hetero) is 1. The standard InChI is InChI=1S/C41H42F3N9O4/c1-22-9-12-31(41(42,43)44)47-38(22)48-39(57)30-16-40-17-32(40)53(30)35(56)20-52-37-25(7-5-3-4-6-8-34(55)46-21-40)13-26(14-28(37)36(50-52)23(2)54)27-18-45-33-15-29(24-10-11-24)49-51(33)19-27/h9,12-15,18-19,24,30,32H,3-8,10-11,16-17,20-21H2,1-2H3,(H,46,55)(H,47,48,57)/t30-,32+,40-/m0/s1. The summed E-state index contributed by atoms with van der Waals surface area (Å²) >= 11 is 0. The first kappa shape index (κ1) is 36.9. The van der Waals surface area contributed by atoms with Crippen molar-refractivity contribution in [3.05, 3.63) is 70.9 Å². The number of carbonyl (C=O) groups excluding carboxylic acids is 4. The van der Waals surface area contributed by atoms with Gasteiger partial charge in [-0.05, 0) is 86.8 Å². The van der Waals surface area contributed by atoms with Crippen molar-refractivity contribution in [1.29, 1.82) is 0 Å². The average molecular weight is 782 g/mol. The smallest absolute Gasteiger partial charge is 0.355 e. The van der Waals surface area contributed by atoms with E-state index in [2.05, 4.69) is 20.6 Å². The fourth-order valence-electron chi connectivity index (χ4n) is 8.77. The van der Waals surface area contributed by atoms with E-state index in [0.717, 1.165) is 66.2 Å². The van der Waals surface area contributed by atoms with Gasteiger partial charge in [-0.15, -0.1) is 0 Å². The Kier molecular flexibility index (Phi) is 8.92. The Morgan fingerprint density at radius 2 is 1.77 bits per heavy atom. The minimum atomic E-state index is -4.72. The highest BCUT2D eigenvalue weighted by Gasteiger charge is 2.67. The molecule has 4 aromatic heterocycles. The van der Waals surface area contributed by atoms with Crippen LogP contribution in [-0.2, 0) is 33.5 Å². The summed E-state index contributed by atoms with van der Waals surface area (Å²) in [5.74, 6) is -1.25. The van der Waals surface area contributed by atoms with Gasteiger partial charge in [0.25, 0.3) is 0 Å². The lowest BCUT2D eigenvalue weighted by Gasteiger charge is -2.27. The van der Waals surface area contributed by atoms with Crippen LogP contribution >= 0.6 is 0 Å². The third-order valence-corrected chi connectivity index (χ3v) is 12.1. The Morgan fingerprint density at radius 3 is 2.53 bits per heavy atom. The number of halogens is 3. The van der Waals surface area contributed by atoms with Crippen molar-refractivity contribution >= 4 is 45.9 Å². The zero-order valence-corrected chi connectivity index (χ0v) is 31.7. The van der Waals surface area contributed by atoms with Crippen LogP contribution in [0, 0.1) is 12.3 Å². The van der Waals surface area contributed by atoms with Crippen molar-refractivity contribution in [2.75, 3.05) is 11.9 Å². The summed E-state index contributed by atoms with van der Waals surface area (Å²) in [5.41, 5.74) is 3.77. The second kappa shape index (κ2) is 13.8. The van der Waals surface area contributed by atoms with Gasteiger partial charge >= 0.3 is 6.18 Å². The minimum absolute atomic E-state index is 0.104. The van der Waals surface area contributed by atoms with Crippen LogP contribution in [0.1, 0.15) is 104 Å². The van der Waals surface area contributed by atoms with E-state index < -0.39 is 41.2 Å². The number of nitrogens with zero attached hydrogens (tertiary/aromatic N) is 7. The lowest BCUT2D eigenvalue weighted by atomic mass is 9.96. The highest BCUT2D eigenvalue weighted by molar-refractivity contribution is 6.07. The van der Waals surface area contributed by atoms with Gasteiger partial charge in [-0.2, -0.15) is 23.4 Å². The number of hydrogen-bond donors (Lipinski definition) is 2. The molecule has 16 heteroatoms.